The molecule has 146 valence electrons. The van der Waals surface area contributed by atoms with Gasteiger partial charge in [0.1, 0.15) is 0 Å². The summed E-state index contributed by atoms with van der Waals surface area (Å²) in [5.74, 6) is -1.01. The Balaban J connectivity index is 2.30. The molecule has 1 aromatic rings. The van der Waals surface area contributed by atoms with Crippen LogP contribution in [0.4, 0.5) is 0 Å². The second-order valence-corrected chi connectivity index (χ2v) is 11.0. The Kier molecular flexibility index (Phi) is 6.46. The Bertz CT molecular complexity index is 844. The van der Waals surface area contributed by atoms with Gasteiger partial charge in [0.05, 0.1) is 16.4 Å². The van der Waals surface area contributed by atoms with Gasteiger partial charge in [0.2, 0.25) is 10.0 Å². The zero-order valence-corrected chi connectivity index (χ0v) is 16.6. The average Bonchev–Trinajstić information content (AvgIpc) is 2.90. The maximum atomic E-state index is 13.1. The third-order valence-electron chi connectivity index (χ3n) is 4.54. The van der Waals surface area contributed by atoms with Gasteiger partial charge in [0, 0.05) is 19.0 Å². The molecule has 26 heavy (non-hydrogen) atoms. The molecular formula is C17H25NO6S2. The first kappa shape index (κ1) is 20.9. The molecule has 0 amide bonds. The first-order valence-corrected chi connectivity index (χ1v) is 11.8. The van der Waals surface area contributed by atoms with E-state index in [1.807, 2.05) is 13.8 Å². The van der Waals surface area contributed by atoms with Gasteiger partial charge in [-0.15, -0.1) is 0 Å². The molecule has 7 nitrogen and oxygen atoms in total. The number of carbonyl (C=O) groups is 1. The predicted molar refractivity (Wildman–Crippen MR) is 98.4 cm³/mol. The first-order chi connectivity index (χ1) is 12.0. The molecule has 1 aliphatic rings. The van der Waals surface area contributed by atoms with Crippen molar-refractivity contribution in [1.29, 1.82) is 0 Å². The van der Waals surface area contributed by atoms with Crippen LogP contribution in [0.3, 0.4) is 0 Å². The van der Waals surface area contributed by atoms with E-state index >= 15 is 0 Å². The normalized spacial score (nSPS) is 19.9. The van der Waals surface area contributed by atoms with Gasteiger partial charge >= 0.3 is 5.97 Å². The van der Waals surface area contributed by atoms with Gasteiger partial charge in [0.15, 0.2) is 9.84 Å². The van der Waals surface area contributed by atoms with Crippen molar-refractivity contribution in [1.82, 2.24) is 4.31 Å². The molecule has 9 heteroatoms. The molecule has 0 radical (unpaired) electrons. The number of nitrogens with zero attached hydrogens (tertiary/aromatic N) is 1. The molecule has 1 aliphatic heterocycles. The van der Waals surface area contributed by atoms with Crippen LogP contribution in [0.2, 0.25) is 0 Å². The van der Waals surface area contributed by atoms with E-state index in [1.165, 1.54) is 16.4 Å². The predicted octanol–water partition coefficient (Wildman–Crippen LogP) is 1.85. The number of sulfonamides is 1. The van der Waals surface area contributed by atoms with Gasteiger partial charge in [-0.3, -0.25) is 4.79 Å². The zero-order chi connectivity index (χ0) is 19.5. The van der Waals surface area contributed by atoms with E-state index in [9.17, 15) is 21.6 Å². The monoisotopic (exact) mass is 403 g/mol. The van der Waals surface area contributed by atoms with Crippen LogP contribution in [0.15, 0.2) is 29.2 Å². The summed E-state index contributed by atoms with van der Waals surface area (Å²) in [6.07, 6.45) is 0.200. The molecule has 0 bridgehead atoms. The van der Waals surface area contributed by atoms with Crippen LogP contribution >= 0.6 is 0 Å². The average molecular weight is 404 g/mol. The van der Waals surface area contributed by atoms with Crippen LogP contribution in [-0.2, 0) is 24.7 Å². The number of aliphatic carboxylic acids is 1. The third-order valence-corrected chi connectivity index (χ3v) is 8.25. The summed E-state index contributed by atoms with van der Waals surface area (Å²) >= 11 is 0. The first-order valence-electron chi connectivity index (χ1n) is 8.57. The molecule has 1 N–H and O–H groups in total. The van der Waals surface area contributed by atoms with E-state index in [0.717, 1.165) is 5.56 Å². The van der Waals surface area contributed by atoms with Gasteiger partial charge < -0.3 is 5.11 Å². The lowest BCUT2D eigenvalue weighted by Crippen LogP contribution is -2.41. The van der Waals surface area contributed by atoms with E-state index in [0.29, 0.717) is 0 Å². The highest BCUT2D eigenvalue weighted by molar-refractivity contribution is 7.92. The van der Waals surface area contributed by atoms with Gasteiger partial charge in [-0.05, 0) is 36.5 Å². The number of hydrogen-bond donors (Lipinski definition) is 1. The van der Waals surface area contributed by atoms with Crippen LogP contribution in [0.5, 0.6) is 0 Å². The summed E-state index contributed by atoms with van der Waals surface area (Å²) in [6.45, 7) is 4.00. The lowest BCUT2D eigenvalue weighted by atomic mass is 10.0. The fourth-order valence-electron chi connectivity index (χ4n) is 3.05. The summed E-state index contributed by atoms with van der Waals surface area (Å²) in [6, 6.07) is 5.90. The molecule has 0 aliphatic carbocycles. The Morgan fingerprint density at radius 3 is 2.35 bits per heavy atom. The minimum absolute atomic E-state index is 0.0131. The molecule has 1 saturated heterocycles. The van der Waals surface area contributed by atoms with Crippen molar-refractivity contribution in [2.75, 3.05) is 18.1 Å². The van der Waals surface area contributed by atoms with E-state index in [1.54, 1.807) is 12.1 Å². The van der Waals surface area contributed by atoms with Crippen LogP contribution in [0.25, 0.3) is 0 Å². The van der Waals surface area contributed by atoms with Crippen molar-refractivity contribution >= 4 is 25.8 Å². The second-order valence-electron chi connectivity index (χ2n) is 6.89. The molecule has 0 saturated carbocycles. The molecule has 0 spiro atoms. The number of carboxylic acids is 1. The molecule has 1 heterocycles. The second kappa shape index (κ2) is 8.06. The lowest BCUT2D eigenvalue weighted by molar-refractivity contribution is -0.137. The van der Waals surface area contributed by atoms with Crippen molar-refractivity contribution in [3.8, 4) is 0 Å². The summed E-state index contributed by atoms with van der Waals surface area (Å²) < 4.78 is 50.9. The minimum Gasteiger partial charge on any atom is -0.481 e. The van der Waals surface area contributed by atoms with E-state index in [-0.39, 0.29) is 48.1 Å². The summed E-state index contributed by atoms with van der Waals surface area (Å²) in [7, 11) is -7.16. The Labute approximate surface area is 155 Å². The standard InChI is InChI=1S/C17H25NO6S2/c1-13(2)14-5-7-16(8-6-14)26(23,24)18(10-3-4-17(19)20)15-9-11-25(21,22)12-15/h5-8,13,15H,3-4,9-12H2,1-2H3,(H,19,20)/t15-/m0/s1. The molecule has 1 aromatic carbocycles. The van der Waals surface area contributed by atoms with Crippen molar-refractivity contribution in [3.05, 3.63) is 29.8 Å². The molecule has 1 atom stereocenters. The van der Waals surface area contributed by atoms with E-state index in [4.69, 9.17) is 5.11 Å². The number of benzene rings is 1. The van der Waals surface area contributed by atoms with Crippen molar-refractivity contribution < 1.29 is 26.7 Å². The lowest BCUT2D eigenvalue weighted by Gasteiger charge is -2.27. The maximum absolute atomic E-state index is 13.1. The fourth-order valence-corrected chi connectivity index (χ4v) is 6.57. The van der Waals surface area contributed by atoms with Gasteiger partial charge in [-0.2, -0.15) is 4.31 Å². The van der Waals surface area contributed by atoms with E-state index < -0.39 is 31.9 Å². The Morgan fingerprint density at radius 2 is 1.88 bits per heavy atom. The summed E-state index contributed by atoms with van der Waals surface area (Å²) in [5.41, 5.74) is 1.00. The summed E-state index contributed by atoms with van der Waals surface area (Å²) in [5, 5.41) is 8.81. The highest BCUT2D eigenvalue weighted by Crippen LogP contribution is 2.26. The van der Waals surface area contributed by atoms with E-state index in [2.05, 4.69) is 0 Å². The number of carboxylic acid groups (broad SMARTS) is 1. The van der Waals surface area contributed by atoms with Crippen LogP contribution < -0.4 is 0 Å². The molecule has 1 fully saturated rings. The number of rotatable bonds is 8. The topological polar surface area (TPSA) is 109 Å². The minimum atomic E-state index is -3.90. The number of sulfone groups is 1. The van der Waals surface area contributed by atoms with Gasteiger partial charge in [-0.25, -0.2) is 16.8 Å². The van der Waals surface area contributed by atoms with Crippen LogP contribution in [0, 0.1) is 0 Å². The van der Waals surface area contributed by atoms with Crippen molar-refractivity contribution in [2.24, 2.45) is 0 Å². The third kappa shape index (κ3) is 5.05. The fraction of sp³-hybridized carbons (Fsp3) is 0.588. The SMILES string of the molecule is CC(C)c1ccc(S(=O)(=O)N(CCCC(=O)O)[C@H]2CCS(=O)(=O)C2)cc1. The molecule has 0 aromatic heterocycles. The smallest absolute Gasteiger partial charge is 0.303 e. The molecular weight excluding hydrogens is 378 g/mol. The molecule has 2 rings (SSSR count). The Morgan fingerprint density at radius 1 is 1.27 bits per heavy atom. The zero-order valence-electron chi connectivity index (χ0n) is 15.0. The maximum Gasteiger partial charge on any atom is 0.303 e. The van der Waals surface area contributed by atoms with Crippen molar-refractivity contribution in [3.63, 3.8) is 0 Å². The van der Waals surface area contributed by atoms with Gasteiger partial charge in [-0.1, -0.05) is 26.0 Å². The Hall–Kier alpha value is -1.45. The van der Waals surface area contributed by atoms with Gasteiger partial charge in [0.25, 0.3) is 0 Å². The van der Waals surface area contributed by atoms with Crippen LogP contribution in [0.1, 0.15) is 44.6 Å². The van der Waals surface area contributed by atoms with Crippen LogP contribution in [-0.4, -0.2) is 56.3 Å². The molecule has 0 unspecified atom stereocenters. The highest BCUT2D eigenvalue weighted by Gasteiger charge is 2.38. The largest absolute Gasteiger partial charge is 0.481 e. The quantitative estimate of drug-likeness (QED) is 0.709. The highest BCUT2D eigenvalue weighted by atomic mass is 32.2. The summed E-state index contributed by atoms with van der Waals surface area (Å²) in [4.78, 5) is 10.9. The number of hydrogen-bond acceptors (Lipinski definition) is 5. The van der Waals surface area contributed by atoms with Crippen molar-refractivity contribution in [2.45, 2.75) is 50.0 Å².